The lowest BCUT2D eigenvalue weighted by Gasteiger charge is -2.42. The van der Waals surface area contributed by atoms with Gasteiger partial charge in [-0.15, -0.1) is 0 Å². The van der Waals surface area contributed by atoms with E-state index in [1.54, 1.807) is 48.5 Å². The second-order valence-electron chi connectivity index (χ2n) is 7.25. The number of carbonyl (C=O) groups is 2. The molecule has 2 aliphatic rings. The van der Waals surface area contributed by atoms with Crippen LogP contribution in [0.25, 0.3) is 0 Å². The number of hydrogen-bond donors (Lipinski definition) is 1. The number of aromatic nitrogens is 1. The zero-order valence-electron chi connectivity index (χ0n) is 16.4. The summed E-state index contributed by atoms with van der Waals surface area (Å²) in [6.07, 6.45) is 3.05. The lowest BCUT2D eigenvalue weighted by molar-refractivity contribution is -0.000971. The van der Waals surface area contributed by atoms with Gasteiger partial charge >= 0.3 is 0 Å². The minimum absolute atomic E-state index is 0.116. The van der Waals surface area contributed by atoms with Crippen LogP contribution in [0.5, 0.6) is 17.4 Å². The molecule has 1 saturated heterocycles. The minimum Gasteiger partial charge on any atom is -0.497 e. The van der Waals surface area contributed by atoms with Gasteiger partial charge in [-0.05, 0) is 31.0 Å². The molecule has 8 heteroatoms. The fourth-order valence-corrected chi connectivity index (χ4v) is 3.84. The molecule has 1 spiro atoms. The van der Waals surface area contributed by atoms with E-state index in [1.807, 2.05) is 0 Å². The van der Waals surface area contributed by atoms with Gasteiger partial charge in [0.05, 0.1) is 32.9 Å². The summed E-state index contributed by atoms with van der Waals surface area (Å²) in [6.45, 7) is 1.31. The van der Waals surface area contributed by atoms with E-state index in [-0.39, 0.29) is 11.8 Å². The van der Waals surface area contributed by atoms with Crippen LogP contribution in [0, 0.1) is 0 Å². The molecule has 0 aliphatic carbocycles. The molecule has 1 aromatic heterocycles. The van der Waals surface area contributed by atoms with Crippen LogP contribution in [0.3, 0.4) is 0 Å². The molecule has 3 heterocycles. The molecule has 29 heavy (non-hydrogen) atoms. The highest BCUT2D eigenvalue weighted by atomic mass is 16.5. The predicted molar refractivity (Wildman–Crippen MR) is 105 cm³/mol. The van der Waals surface area contributed by atoms with E-state index < -0.39 is 5.60 Å². The number of nitrogens with one attached hydrogen (secondary N) is 1. The van der Waals surface area contributed by atoms with Crippen LogP contribution in [-0.4, -0.2) is 61.2 Å². The van der Waals surface area contributed by atoms with Gasteiger partial charge in [-0.25, -0.2) is 4.98 Å². The summed E-state index contributed by atoms with van der Waals surface area (Å²) >= 11 is 0. The molecule has 0 saturated carbocycles. The van der Waals surface area contributed by atoms with E-state index in [0.29, 0.717) is 48.1 Å². The SMILES string of the molecule is COc1ccc2c(c1)O[C@@]1(CCCN(C(=O)c3ccnc(OC)c3)C1)CNC2=O. The maximum Gasteiger partial charge on any atom is 0.255 e. The molecule has 0 bridgehead atoms. The molecule has 8 nitrogen and oxygen atoms in total. The van der Waals surface area contributed by atoms with E-state index in [9.17, 15) is 9.59 Å². The van der Waals surface area contributed by atoms with Crippen molar-refractivity contribution in [2.75, 3.05) is 33.9 Å². The Morgan fingerprint density at radius 3 is 2.90 bits per heavy atom. The number of fused-ring (bicyclic) bond motifs is 1. The van der Waals surface area contributed by atoms with Crippen molar-refractivity contribution in [1.29, 1.82) is 0 Å². The Hall–Kier alpha value is -3.29. The monoisotopic (exact) mass is 397 g/mol. The summed E-state index contributed by atoms with van der Waals surface area (Å²) in [5.41, 5.74) is 0.275. The highest BCUT2D eigenvalue weighted by Crippen LogP contribution is 2.34. The summed E-state index contributed by atoms with van der Waals surface area (Å²) in [5.74, 6) is 1.17. The Morgan fingerprint density at radius 2 is 2.10 bits per heavy atom. The van der Waals surface area contributed by atoms with E-state index >= 15 is 0 Å². The van der Waals surface area contributed by atoms with Gasteiger partial charge in [0.15, 0.2) is 0 Å². The van der Waals surface area contributed by atoms with Crippen LogP contribution in [-0.2, 0) is 0 Å². The summed E-state index contributed by atoms with van der Waals surface area (Å²) in [7, 11) is 3.08. The number of nitrogens with zero attached hydrogens (tertiary/aromatic N) is 2. The van der Waals surface area contributed by atoms with Gasteiger partial charge in [0, 0.05) is 30.4 Å². The zero-order valence-corrected chi connectivity index (χ0v) is 16.4. The van der Waals surface area contributed by atoms with Crippen LogP contribution in [0.1, 0.15) is 33.6 Å². The van der Waals surface area contributed by atoms with E-state index in [0.717, 1.165) is 12.8 Å². The van der Waals surface area contributed by atoms with Crippen molar-refractivity contribution >= 4 is 11.8 Å². The highest BCUT2D eigenvalue weighted by Gasteiger charge is 2.42. The first kappa shape index (κ1) is 19.0. The van der Waals surface area contributed by atoms with Gasteiger partial charge < -0.3 is 24.4 Å². The first-order valence-electron chi connectivity index (χ1n) is 9.48. The van der Waals surface area contributed by atoms with Gasteiger partial charge in [-0.2, -0.15) is 0 Å². The molecule has 4 rings (SSSR count). The van der Waals surface area contributed by atoms with Crippen molar-refractivity contribution in [3.05, 3.63) is 47.7 Å². The molecule has 1 N–H and O–H groups in total. The molecular weight excluding hydrogens is 374 g/mol. The molecule has 152 valence electrons. The van der Waals surface area contributed by atoms with Crippen molar-refractivity contribution in [1.82, 2.24) is 15.2 Å². The van der Waals surface area contributed by atoms with Crippen molar-refractivity contribution < 1.29 is 23.8 Å². The smallest absolute Gasteiger partial charge is 0.255 e. The van der Waals surface area contributed by atoms with Crippen LogP contribution in [0.15, 0.2) is 36.5 Å². The van der Waals surface area contributed by atoms with Crippen molar-refractivity contribution in [3.8, 4) is 17.4 Å². The Kier molecular flexibility index (Phi) is 5.00. The lowest BCUT2D eigenvalue weighted by atomic mass is 9.92. The molecule has 1 fully saturated rings. The first-order chi connectivity index (χ1) is 14.0. The lowest BCUT2D eigenvalue weighted by Crippen LogP contribution is -2.57. The molecule has 2 aliphatic heterocycles. The quantitative estimate of drug-likeness (QED) is 0.851. The Balaban J connectivity index is 1.60. The molecule has 0 unspecified atom stereocenters. The van der Waals surface area contributed by atoms with Crippen LogP contribution in [0.2, 0.25) is 0 Å². The summed E-state index contributed by atoms with van der Waals surface area (Å²) in [6, 6.07) is 8.43. The highest BCUT2D eigenvalue weighted by molar-refractivity contribution is 5.97. The molecular formula is C21H23N3O5. The minimum atomic E-state index is -0.696. The maximum absolute atomic E-state index is 13.1. The molecule has 1 aromatic carbocycles. The topological polar surface area (TPSA) is 90.0 Å². The third-order valence-corrected chi connectivity index (χ3v) is 5.35. The fraction of sp³-hybridized carbons (Fsp3) is 0.381. The number of carbonyl (C=O) groups excluding carboxylic acids is 2. The number of ether oxygens (including phenoxy) is 3. The second kappa shape index (κ2) is 7.62. The molecule has 2 aromatic rings. The summed E-state index contributed by atoms with van der Waals surface area (Å²) < 4.78 is 16.8. The Labute approximate surface area is 168 Å². The van der Waals surface area contributed by atoms with Gasteiger partial charge in [-0.3, -0.25) is 9.59 Å². The fourth-order valence-electron chi connectivity index (χ4n) is 3.84. The Bertz CT molecular complexity index is 948. The number of methoxy groups -OCH3 is 2. The number of benzene rings is 1. The number of hydrogen-bond acceptors (Lipinski definition) is 6. The van der Waals surface area contributed by atoms with E-state index in [1.165, 1.54) is 7.11 Å². The normalized spacial score (nSPS) is 20.9. The van der Waals surface area contributed by atoms with Crippen LogP contribution in [0.4, 0.5) is 0 Å². The van der Waals surface area contributed by atoms with Gasteiger partial charge in [0.1, 0.15) is 17.1 Å². The van der Waals surface area contributed by atoms with Crippen molar-refractivity contribution in [2.24, 2.45) is 0 Å². The molecule has 2 amide bonds. The number of rotatable bonds is 3. The van der Waals surface area contributed by atoms with Gasteiger partial charge in [0.25, 0.3) is 11.8 Å². The van der Waals surface area contributed by atoms with Crippen LogP contribution < -0.4 is 19.5 Å². The van der Waals surface area contributed by atoms with Gasteiger partial charge in [0.2, 0.25) is 5.88 Å². The maximum atomic E-state index is 13.1. The van der Waals surface area contributed by atoms with Crippen LogP contribution >= 0.6 is 0 Å². The average molecular weight is 397 g/mol. The largest absolute Gasteiger partial charge is 0.497 e. The van der Waals surface area contributed by atoms with E-state index in [2.05, 4.69) is 10.3 Å². The predicted octanol–water partition coefficient (Wildman–Crippen LogP) is 1.90. The number of piperidine rings is 1. The van der Waals surface area contributed by atoms with Gasteiger partial charge in [-0.1, -0.05) is 0 Å². The third kappa shape index (κ3) is 3.70. The Morgan fingerprint density at radius 1 is 1.24 bits per heavy atom. The van der Waals surface area contributed by atoms with E-state index in [4.69, 9.17) is 14.2 Å². The summed E-state index contributed by atoms with van der Waals surface area (Å²) in [5, 5.41) is 2.94. The van der Waals surface area contributed by atoms with Crippen molar-refractivity contribution in [2.45, 2.75) is 18.4 Å². The third-order valence-electron chi connectivity index (χ3n) is 5.35. The molecule has 0 radical (unpaired) electrons. The number of pyridine rings is 1. The standard InChI is InChI=1S/C21H23N3O5/c1-27-15-4-5-16-17(11-15)29-21(12-23-19(16)25)7-3-9-24(13-21)20(26)14-6-8-22-18(10-14)28-2/h4-6,8,10-11H,3,7,9,12-13H2,1-2H3,(H,23,25)/t21-/m0/s1. The first-order valence-corrected chi connectivity index (χ1v) is 9.48. The number of likely N-dealkylation sites (tertiary alicyclic amines) is 1. The summed E-state index contributed by atoms with van der Waals surface area (Å²) in [4.78, 5) is 31.4. The average Bonchev–Trinajstić information content (AvgIpc) is 2.89. The van der Waals surface area contributed by atoms with Crippen molar-refractivity contribution in [3.63, 3.8) is 0 Å². The number of amides is 2. The second-order valence-corrected chi connectivity index (χ2v) is 7.25. The zero-order chi connectivity index (χ0) is 20.4. The molecule has 1 atom stereocenters.